The molecule has 2 N–H and O–H groups in total. The topological polar surface area (TPSA) is 126 Å². The standard InChI is InChI=1S/C25H25F4N3O6/c26-12-20(33)18(11-22(35)36)30-23(37)19-6-1-2-9-32(19)24(38)16-5-3-4-15(10-16)13-31-14-17(25(27,28)29)7-8-21(31)34/h3-5,7-8,10,14,18-19H,1-2,6,9,11-13H2,(H,30,37)(H,35,36)/t18?,19-/m0/s1. The van der Waals surface area contributed by atoms with E-state index in [9.17, 15) is 41.5 Å². The van der Waals surface area contributed by atoms with E-state index in [0.717, 1.165) is 10.6 Å². The Labute approximate surface area is 214 Å². The lowest BCUT2D eigenvalue weighted by atomic mass is 9.98. The van der Waals surface area contributed by atoms with E-state index >= 15 is 0 Å². The van der Waals surface area contributed by atoms with Gasteiger partial charge in [-0.05, 0) is 43.0 Å². The number of aromatic nitrogens is 1. The summed E-state index contributed by atoms with van der Waals surface area (Å²) in [6.07, 6.45) is -3.41. The van der Waals surface area contributed by atoms with Crippen LogP contribution in [0.3, 0.4) is 0 Å². The summed E-state index contributed by atoms with van der Waals surface area (Å²) in [5.74, 6) is -3.88. The third-order valence-electron chi connectivity index (χ3n) is 6.12. The first-order valence-corrected chi connectivity index (χ1v) is 11.7. The van der Waals surface area contributed by atoms with Crippen LogP contribution in [-0.2, 0) is 27.1 Å². The van der Waals surface area contributed by atoms with Crippen LogP contribution in [0.1, 0.15) is 47.2 Å². The van der Waals surface area contributed by atoms with Crippen molar-refractivity contribution in [2.75, 3.05) is 13.2 Å². The number of nitrogens with one attached hydrogen (secondary N) is 1. The molecule has 0 bridgehead atoms. The highest BCUT2D eigenvalue weighted by atomic mass is 19.4. The molecular weight excluding hydrogens is 514 g/mol. The number of benzene rings is 1. The smallest absolute Gasteiger partial charge is 0.417 e. The van der Waals surface area contributed by atoms with Gasteiger partial charge in [-0.25, -0.2) is 4.39 Å². The molecule has 0 saturated carbocycles. The number of Topliss-reactive ketones (excluding diaryl/α,β-unsaturated/α-hetero) is 1. The Balaban J connectivity index is 1.81. The SMILES string of the molecule is O=C(O)CC(NC(=O)[C@@H]1CCCCN1C(=O)c1cccc(Cn2cc(C(F)(F)F)ccc2=O)c1)C(=O)CF. The van der Waals surface area contributed by atoms with E-state index in [2.05, 4.69) is 5.32 Å². The normalized spacial score (nSPS) is 16.5. The van der Waals surface area contributed by atoms with Crippen molar-refractivity contribution in [3.05, 3.63) is 69.6 Å². The number of carbonyl (C=O) groups excluding carboxylic acids is 3. The average Bonchev–Trinajstić information content (AvgIpc) is 2.87. The minimum atomic E-state index is -4.64. The van der Waals surface area contributed by atoms with Crippen molar-refractivity contribution in [2.24, 2.45) is 0 Å². The van der Waals surface area contributed by atoms with E-state index in [1.165, 1.54) is 29.2 Å². The first-order chi connectivity index (χ1) is 17.9. The Morgan fingerprint density at radius 3 is 2.50 bits per heavy atom. The van der Waals surface area contributed by atoms with Crippen LogP contribution in [0, 0.1) is 0 Å². The Bertz CT molecular complexity index is 1280. The minimum absolute atomic E-state index is 0.115. The summed E-state index contributed by atoms with van der Waals surface area (Å²) >= 11 is 0. The zero-order valence-electron chi connectivity index (χ0n) is 20.0. The number of carbonyl (C=O) groups is 4. The number of halogens is 4. The van der Waals surface area contributed by atoms with Gasteiger partial charge in [0.2, 0.25) is 5.91 Å². The zero-order chi connectivity index (χ0) is 28.0. The van der Waals surface area contributed by atoms with Gasteiger partial charge >= 0.3 is 12.1 Å². The summed E-state index contributed by atoms with van der Waals surface area (Å²) in [7, 11) is 0. The highest BCUT2D eigenvalue weighted by molar-refractivity contribution is 5.99. The highest BCUT2D eigenvalue weighted by Gasteiger charge is 2.35. The summed E-state index contributed by atoms with van der Waals surface area (Å²) in [4.78, 5) is 62.4. The van der Waals surface area contributed by atoms with Crippen LogP contribution in [-0.4, -0.2) is 63.4 Å². The average molecular weight is 539 g/mol. The Hall–Kier alpha value is -4.03. The molecule has 1 fully saturated rings. The summed E-state index contributed by atoms with van der Waals surface area (Å²) in [5.41, 5.74) is -1.19. The van der Waals surface area contributed by atoms with Crippen molar-refractivity contribution in [1.29, 1.82) is 0 Å². The van der Waals surface area contributed by atoms with E-state index in [4.69, 9.17) is 5.11 Å². The van der Waals surface area contributed by atoms with Crippen molar-refractivity contribution in [3.63, 3.8) is 0 Å². The fraction of sp³-hybridized carbons (Fsp3) is 0.400. The summed E-state index contributed by atoms with van der Waals surface area (Å²) < 4.78 is 52.9. The molecule has 38 heavy (non-hydrogen) atoms. The molecule has 1 saturated heterocycles. The van der Waals surface area contributed by atoms with E-state index < -0.39 is 66.0 Å². The predicted octanol–water partition coefficient (Wildman–Crippen LogP) is 2.41. The van der Waals surface area contributed by atoms with Gasteiger partial charge in [0.15, 0.2) is 5.78 Å². The number of likely N-dealkylation sites (tertiary alicyclic amines) is 1. The van der Waals surface area contributed by atoms with Crippen LogP contribution >= 0.6 is 0 Å². The fourth-order valence-corrected chi connectivity index (χ4v) is 4.22. The molecule has 2 heterocycles. The molecule has 0 radical (unpaired) electrons. The molecule has 204 valence electrons. The molecule has 1 aromatic carbocycles. The number of amides is 2. The molecule has 13 heteroatoms. The van der Waals surface area contributed by atoms with Gasteiger partial charge in [0.05, 0.1) is 18.5 Å². The third-order valence-corrected chi connectivity index (χ3v) is 6.12. The molecule has 1 aliphatic heterocycles. The van der Waals surface area contributed by atoms with Crippen molar-refractivity contribution in [3.8, 4) is 0 Å². The summed E-state index contributed by atoms with van der Waals surface area (Å²) in [6, 6.07) is 4.73. The second-order valence-corrected chi connectivity index (χ2v) is 8.85. The molecular formula is C25H25F4N3O6. The van der Waals surface area contributed by atoms with Gasteiger partial charge in [0.25, 0.3) is 11.5 Å². The van der Waals surface area contributed by atoms with Crippen molar-refractivity contribution >= 4 is 23.6 Å². The maximum atomic E-state index is 13.3. The Kier molecular flexibility index (Phi) is 9.02. The molecule has 0 aliphatic carbocycles. The molecule has 2 aromatic rings. The maximum absolute atomic E-state index is 13.3. The van der Waals surface area contributed by atoms with Gasteiger partial charge in [-0.2, -0.15) is 13.2 Å². The molecule has 2 atom stereocenters. The molecule has 2 amide bonds. The minimum Gasteiger partial charge on any atom is -0.481 e. The number of rotatable bonds is 9. The lowest BCUT2D eigenvalue weighted by molar-refractivity contribution is -0.141. The lowest BCUT2D eigenvalue weighted by Crippen LogP contribution is -2.55. The Morgan fingerprint density at radius 2 is 1.84 bits per heavy atom. The number of hydrogen-bond acceptors (Lipinski definition) is 5. The van der Waals surface area contributed by atoms with Crippen LogP contribution in [0.25, 0.3) is 0 Å². The number of carboxylic acid groups (broad SMARTS) is 1. The van der Waals surface area contributed by atoms with Crippen LogP contribution < -0.4 is 10.9 Å². The van der Waals surface area contributed by atoms with Crippen molar-refractivity contribution < 1.29 is 41.8 Å². The number of pyridine rings is 1. The number of ketones is 1. The maximum Gasteiger partial charge on any atom is 0.417 e. The van der Waals surface area contributed by atoms with Gasteiger partial charge < -0.3 is 19.9 Å². The molecule has 9 nitrogen and oxygen atoms in total. The number of alkyl halides is 4. The number of hydrogen-bond donors (Lipinski definition) is 2. The van der Waals surface area contributed by atoms with Crippen molar-refractivity contribution in [2.45, 2.75) is 50.5 Å². The number of aliphatic carboxylic acids is 1. The first kappa shape index (κ1) is 28.5. The van der Waals surface area contributed by atoms with Gasteiger partial charge in [-0.15, -0.1) is 0 Å². The number of piperidine rings is 1. The largest absolute Gasteiger partial charge is 0.481 e. The van der Waals surface area contributed by atoms with E-state index in [0.29, 0.717) is 30.7 Å². The molecule has 1 aliphatic rings. The lowest BCUT2D eigenvalue weighted by Gasteiger charge is -2.35. The van der Waals surface area contributed by atoms with Gasteiger partial charge in [-0.3, -0.25) is 24.0 Å². The summed E-state index contributed by atoms with van der Waals surface area (Å²) in [5, 5.41) is 11.2. The van der Waals surface area contributed by atoms with Gasteiger partial charge in [0, 0.05) is 24.4 Å². The fourth-order valence-electron chi connectivity index (χ4n) is 4.22. The van der Waals surface area contributed by atoms with Crippen LogP contribution in [0.15, 0.2) is 47.4 Å². The second kappa shape index (κ2) is 12.0. The van der Waals surface area contributed by atoms with Gasteiger partial charge in [-0.1, -0.05) is 12.1 Å². The van der Waals surface area contributed by atoms with E-state index in [1.807, 2.05) is 0 Å². The first-order valence-electron chi connectivity index (χ1n) is 11.7. The van der Waals surface area contributed by atoms with E-state index in [1.54, 1.807) is 0 Å². The predicted molar refractivity (Wildman–Crippen MR) is 125 cm³/mol. The van der Waals surface area contributed by atoms with Crippen LogP contribution in [0.2, 0.25) is 0 Å². The van der Waals surface area contributed by atoms with Gasteiger partial charge in [0.1, 0.15) is 18.8 Å². The summed E-state index contributed by atoms with van der Waals surface area (Å²) in [6.45, 7) is -1.53. The molecule has 0 spiro atoms. The number of nitrogens with zero attached hydrogens (tertiary/aromatic N) is 2. The van der Waals surface area contributed by atoms with E-state index in [-0.39, 0.29) is 25.1 Å². The zero-order valence-corrected chi connectivity index (χ0v) is 20.0. The van der Waals surface area contributed by atoms with Crippen LogP contribution in [0.5, 0.6) is 0 Å². The molecule has 3 rings (SSSR count). The monoisotopic (exact) mass is 539 g/mol. The molecule has 1 unspecified atom stereocenters. The van der Waals surface area contributed by atoms with Crippen LogP contribution in [0.4, 0.5) is 17.6 Å². The number of carboxylic acids is 1. The van der Waals surface area contributed by atoms with Crippen molar-refractivity contribution in [1.82, 2.24) is 14.8 Å². The highest BCUT2D eigenvalue weighted by Crippen LogP contribution is 2.28. The Morgan fingerprint density at radius 1 is 1.11 bits per heavy atom. The second-order valence-electron chi connectivity index (χ2n) is 8.85. The molecule has 1 aromatic heterocycles. The quantitative estimate of drug-likeness (QED) is 0.472. The third kappa shape index (κ3) is 7.05.